The van der Waals surface area contributed by atoms with E-state index in [0.29, 0.717) is 5.92 Å². The second-order valence-corrected chi connectivity index (χ2v) is 3.58. The van der Waals surface area contributed by atoms with E-state index in [1.165, 1.54) is 5.57 Å². The van der Waals surface area contributed by atoms with Crippen LogP contribution in [-0.4, -0.2) is 0 Å². The Hall–Kier alpha value is -1.04. The van der Waals surface area contributed by atoms with Gasteiger partial charge in [0, 0.05) is 0 Å². The molecule has 0 nitrogen and oxygen atoms in total. The van der Waals surface area contributed by atoms with Gasteiger partial charge in [0.15, 0.2) is 0 Å². The summed E-state index contributed by atoms with van der Waals surface area (Å²) in [4.78, 5) is 0. The summed E-state index contributed by atoms with van der Waals surface area (Å²) in [5, 5.41) is 0. The zero-order chi connectivity index (χ0) is 10.8. The van der Waals surface area contributed by atoms with Crippen molar-refractivity contribution >= 4 is 0 Å². The number of hydrogen-bond donors (Lipinski definition) is 0. The normalized spacial score (nSPS) is 12.6. The maximum Gasteiger partial charge on any atom is -0.0165 e. The molecule has 0 spiro atoms. The predicted molar refractivity (Wildman–Crippen MR) is 66.3 cm³/mol. The molecule has 0 aromatic rings. The molecule has 14 heavy (non-hydrogen) atoms. The van der Waals surface area contributed by atoms with Crippen LogP contribution < -0.4 is 0 Å². The average molecular weight is 190 g/mol. The maximum atomic E-state index is 4.08. The fourth-order valence-electron chi connectivity index (χ4n) is 1.40. The van der Waals surface area contributed by atoms with Gasteiger partial charge < -0.3 is 0 Å². The lowest BCUT2D eigenvalue weighted by atomic mass is 9.95. The molecule has 1 atom stereocenters. The molecule has 0 aromatic carbocycles. The van der Waals surface area contributed by atoms with E-state index >= 15 is 0 Å². The van der Waals surface area contributed by atoms with Crippen LogP contribution in [0.3, 0.4) is 0 Å². The fourth-order valence-corrected chi connectivity index (χ4v) is 1.40. The third-order valence-electron chi connectivity index (χ3n) is 2.25. The molecule has 0 aliphatic rings. The van der Waals surface area contributed by atoms with Gasteiger partial charge in [-0.1, -0.05) is 36.5 Å². The lowest BCUT2D eigenvalue weighted by Crippen LogP contribution is -1.96. The average Bonchev–Trinajstić information content (AvgIpc) is 2.17. The van der Waals surface area contributed by atoms with Crippen LogP contribution in [0.15, 0.2) is 49.6 Å². The van der Waals surface area contributed by atoms with Crippen LogP contribution in [-0.2, 0) is 0 Å². The first-order valence-electron chi connectivity index (χ1n) is 5.25. The summed E-state index contributed by atoms with van der Waals surface area (Å²) in [5.74, 6) is 0.519. The molecular weight excluding hydrogens is 168 g/mol. The first-order chi connectivity index (χ1) is 6.74. The Morgan fingerprint density at radius 2 is 2.07 bits per heavy atom. The summed E-state index contributed by atoms with van der Waals surface area (Å²) in [5.41, 5.74) is 1.31. The molecule has 0 amide bonds. The molecule has 0 aliphatic heterocycles. The fraction of sp³-hybridized carbons (Fsp3) is 0.429. The summed E-state index contributed by atoms with van der Waals surface area (Å²) in [6.07, 6.45) is 12.5. The highest BCUT2D eigenvalue weighted by Gasteiger charge is 2.03. The topological polar surface area (TPSA) is 0 Å². The van der Waals surface area contributed by atoms with E-state index in [1.807, 2.05) is 19.1 Å². The Kier molecular flexibility index (Phi) is 7.92. The van der Waals surface area contributed by atoms with Gasteiger partial charge in [0.25, 0.3) is 0 Å². The Balaban J connectivity index is 3.78. The molecule has 0 saturated carbocycles. The van der Waals surface area contributed by atoms with Crippen molar-refractivity contribution in [3.05, 3.63) is 49.6 Å². The molecule has 0 N–H and O–H groups in total. The van der Waals surface area contributed by atoms with Gasteiger partial charge in [-0.05, 0) is 38.5 Å². The van der Waals surface area contributed by atoms with Crippen LogP contribution in [0, 0.1) is 5.92 Å². The highest BCUT2D eigenvalue weighted by molar-refractivity contribution is 5.02. The van der Waals surface area contributed by atoms with Gasteiger partial charge >= 0.3 is 0 Å². The Morgan fingerprint density at radius 1 is 1.36 bits per heavy atom. The van der Waals surface area contributed by atoms with Crippen LogP contribution in [0.1, 0.15) is 32.6 Å². The summed E-state index contributed by atoms with van der Waals surface area (Å²) < 4.78 is 0. The van der Waals surface area contributed by atoms with Crippen LogP contribution in [0.2, 0.25) is 0 Å². The molecule has 0 saturated heterocycles. The molecular formula is C14H22. The maximum absolute atomic E-state index is 4.08. The summed E-state index contributed by atoms with van der Waals surface area (Å²) in [6, 6.07) is 0. The van der Waals surface area contributed by atoms with Gasteiger partial charge in [-0.2, -0.15) is 0 Å². The van der Waals surface area contributed by atoms with E-state index in [-0.39, 0.29) is 0 Å². The van der Waals surface area contributed by atoms with E-state index in [4.69, 9.17) is 0 Å². The van der Waals surface area contributed by atoms with Crippen LogP contribution >= 0.6 is 0 Å². The third kappa shape index (κ3) is 6.47. The lowest BCUT2D eigenvalue weighted by Gasteiger charge is -2.11. The second kappa shape index (κ2) is 8.55. The van der Waals surface area contributed by atoms with E-state index in [1.54, 1.807) is 0 Å². The highest BCUT2D eigenvalue weighted by Crippen LogP contribution is 2.19. The van der Waals surface area contributed by atoms with Crippen LogP contribution in [0.4, 0.5) is 0 Å². The Labute approximate surface area is 88.7 Å². The van der Waals surface area contributed by atoms with Crippen molar-refractivity contribution in [1.29, 1.82) is 0 Å². The zero-order valence-electron chi connectivity index (χ0n) is 9.34. The standard InChI is InChI=1S/C14H22/c1-5-8-9-11-13(4)12-14(7-3)10-6-2/h5-8,14H,2-4,9-12H2,1H3/b8-5+/t14-/m1/s1. The van der Waals surface area contributed by atoms with Crippen molar-refractivity contribution < 1.29 is 0 Å². The van der Waals surface area contributed by atoms with Crippen molar-refractivity contribution in [2.45, 2.75) is 32.6 Å². The number of rotatable bonds is 8. The van der Waals surface area contributed by atoms with Gasteiger partial charge in [-0.25, -0.2) is 0 Å². The van der Waals surface area contributed by atoms with Crippen LogP contribution in [0.5, 0.6) is 0 Å². The minimum absolute atomic E-state index is 0.519. The molecule has 0 radical (unpaired) electrons. The van der Waals surface area contributed by atoms with E-state index in [2.05, 4.69) is 31.9 Å². The SMILES string of the molecule is C=CC[C@@H](C=C)CC(=C)CC/C=C/C. The Morgan fingerprint density at radius 3 is 2.57 bits per heavy atom. The minimum atomic E-state index is 0.519. The summed E-state index contributed by atoms with van der Waals surface area (Å²) in [7, 11) is 0. The van der Waals surface area contributed by atoms with Crippen molar-refractivity contribution in [3.63, 3.8) is 0 Å². The van der Waals surface area contributed by atoms with E-state index in [0.717, 1.165) is 25.7 Å². The minimum Gasteiger partial charge on any atom is -0.103 e. The zero-order valence-corrected chi connectivity index (χ0v) is 9.34. The molecule has 0 heterocycles. The number of hydrogen-bond acceptors (Lipinski definition) is 0. The lowest BCUT2D eigenvalue weighted by molar-refractivity contribution is 0.640. The Bertz CT molecular complexity index is 208. The molecule has 78 valence electrons. The van der Waals surface area contributed by atoms with Crippen molar-refractivity contribution in [2.24, 2.45) is 5.92 Å². The van der Waals surface area contributed by atoms with E-state index < -0.39 is 0 Å². The van der Waals surface area contributed by atoms with Gasteiger partial charge in [0.05, 0.1) is 0 Å². The third-order valence-corrected chi connectivity index (χ3v) is 2.25. The summed E-state index contributed by atoms with van der Waals surface area (Å²) >= 11 is 0. The quantitative estimate of drug-likeness (QED) is 0.488. The van der Waals surface area contributed by atoms with Crippen molar-refractivity contribution in [2.75, 3.05) is 0 Å². The largest absolute Gasteiger partial charge is 0.103 e. The molecule has 0 fully saturated rings. The monoisotopic (exact) mass is 190 g/mol. The van der Waals surface area contributed by atoms with E-state index in [9.17, 15) is 0 Å². The predicted octanol–water partition coefficient (Wildman–Crippen LogP) is 4.67. The first-order valence-corrected chi connectivity index (χ1v) is 5.25. The van der Waals surface area contributed by atoms with Gasteiger partial charge in [-0.15, -0.1) is 13.2 Å². The molecule has 0 rings (SSSR count). The molecule has 0 aliphatic carbocycles. The van der Waals surface area contributed by atoms with Gasteiger partial charge in [0.1, 0.15) is 0 Å². The van der Waals surface area contributed by atoms with Crippen molar-refractivity contribution in [3.8, 4) is 0 Å². The molecule has 0 bridgehead atoms. The van der Waals surface area contributed by atoms with Crippen molar-refractivity contribution in [1.82, 2.24) is 0 Å². The smallest absolute Gasteiger partial charge is 0.0165 e. The van der Waals surface area contributed by atoms with Gasteiger partial charge in [-0.3, -0.25) is 0 Å². The number of allylic oxidation sites excluding steroid dienone is 5. The molecule has 0 aromatic heterocycles. The summed E-state index contributed by atoms with van der Waals surface area (Å²) in [6.45, 7) is 13.7. The highest BCUT2D eigenvalue weighted by atomic mass is 14.1. The molecule has 0 heteroatoms. The first kappa shape index (κ1) is 13.0. The van der Waals surface area contributed by atoms with Gasteiger partial charge in [0.2, 0.25) is 0 Å². The van der Waals surface area contributed by atoms with Crippen LogP contribution in [0.25, 0.3) is 0 Å². The molecule has 0 unspecified atom stereocenters. The second-order valence-electron chi connectivity index (χ2n) is 3.58.